The number of rotatable bonds is 25. The summed E-state index contributed by atoms with van der Waals surface area (Å²) in [5.74, 6) is -2.87. The third kappa shape index (κ3) is 23.3. The van der Waals surface area contributed by atoms with Gasteiger partial charge >= 0.3 is 5.97 Å². The lowest BCUT2D eigenvalue weighted by molar-refractivity contribution is -0.336. The predicted molar refractivity (Wildman–Crippen MR) is 376 cm³/mol. The van der Waals surface area contributed by atoms with Crippen LogP contribution >= 0.6 is 0 Å². The van der Waals surface area contributed by atoms with Crippen molar-refractivity contribution in [2.75, 3.05) is 39.6 Å². The molecular formula is C74H114N4O30. The highest BCUT2D eigenvalue weighted by Gasteiger charge is 2.54. The van der Waals surface area contributed by atoms with Crippen LogP contribution in [-0.4, -0.2) is 295 Å². The Kier molecular flexibility index (Phi) is 34.2. The fourth-order valence-corrected chi connectivity index (χ4v) is 14.7. The molecule has 0 bridgehead atoms. The average molecular weight is 1540 g/mol. The third-order valence-corrected chi connectivity index (χ3v) is 21.4. The van der Waals surface area contributed by atoms with Crippen LogP contribution in [0, 0.1) is 35.5 Å². The second-order valence-corrected chi connectivity index (χ2v) is 29.3. The minimum absolute atomic E-state index is 0.00896. The van der Waals surface area contributed by atoms with E-state index in [-0.39, 0.29) is 97.8 Å². The lowest BCUT2D eigenvalue weighted by atomic mass is 9.78. The van der Waals surface area contributed by atoms with E-state index in [0.29, 0.717) is 22.6 Å². The van der Waals surface area contributed by atoms with Crippen molar-refractivity contribution in [2.45, 2.75) is 274 Å². The van der Waals surface area contributed by atoms with Crippen LogP contribution in [0.4, 0.5) is 0 Å². The number of ketones is 2. The van der Waals surface area contributed by atoms with Crippen molar-refractivity contribution in [3.05, 3.63) is 59.7 Å². The largest absolute Gasteiger partial charge is 0.465 e. The van der Waals surface area contributed by atoms with E-state index in [9.17, 15) is 94.8 Å². The second-order valence-electron chi connectivity index (χ2n) is 29.3. The highest BCUT2D eigenvalue weighted by atomic mass is 16.7. The van der Waals surface area contributed by atoms with Crippen molar-refractivity contribution in [3.63, 3.8) is 0 Å². The molecule has 0 radical (unpaired) electrons. The van der Waals surface area contributed by atoms with Crippen molar-refractivity contribution in [2.24, 2.45) is 35.5 Å². The molecular weight excluding hydrogens is 1420 g/mol. The van der Waals surface area contributed by atoms with Crippen LogP contribution in [0.25, 0.3) is 0 Å². The number of nitrogens with one attached hydrogen (secondary N) is 4. The number of carbonyl (C=O) groups is 7. The summed E-state index contributed by atoms with van der Waals surface area (Å²) in [5.41, 5.74) is 0.771. The van der Waals surface area contributed by atoms with Crippen molar-refractivity contribution >= 4 is 41.2 Å². The molecule has 34 heteroatoms. The summed E-state index contributed by atoms with van der Waals surface area (Å²) in [6.07, 6.45) is -16.1. The Hall–Kier alpha value is -6.07. The first-order valence-electron chi connectivity index (χ1n) is 37.0. The maximum atomic E-state index is 13.2. The van der Waals surface area contributed by atoms with Gasteiger partial charge in [0.1, 0.15) is 85.1 Å². The first kappa shape index (κ1) is 89.1. The fraction of sp³-hybridized carbons (Fsp3) is 0.743. The molecule has 16 N–H and O–H groups in total. The van der Waals surface area contributed by atoms with Crippen LogP contribution in [-0.2, 0) is 66.6 Å². The van der Waals surface area contributed by atoms with Crippen molar-refractivity contribution in [3.8, 4) is 11.5 Å². The average Bonchev–Trinajstić information content (AvgIpc) is 0.788. The Morgan fingerprint density at radius 1 is 0.370 bits per heavy atom. The van der Waals surface area contributed by atoms with Gasteiger partial charge in [-0.05, 0) is 73.2 Å². The molecule has 30 atom stereocenters. The van der Waals surface area contributed by atoms with Crippen LogP contribution < -0.4 is 30.7 Å². The molecule has 7 fully saturated rings. The lowest BCUT2D eigenvalue weighted by Gasteiger charge is -2.48. The smallest absolute Gasteiger partial charge is 0.302 e. The summed E-state index contributed by atoms with van der Waals surface area (Å²) >= 11 is 0. The Bertz CT molecular complexity index is 3180. The van der Waals surface area contributed by atoms with Gasteiger partial charge in [0.05, 0.1) is 93.9 Å². The van der Waals surface area contributed by atoms with E-state index in [2.05, 4.69) is 21.3 Å². The van der Waals surface area contributed by atoms with E-state index in [0.717, 1.165) is 32.1 Å². The van der Waals surface area contributed by atoms with Gasteiger partial charge in [-0.2, -0.15) is 0 Å². The zero-order valence-corrected chi connectivity index (χ0v) is 62.9. The van der Waals surface area contributed by atoms with E-state index in [4.69, 9.17) is 52.1 Å². The Labute approximate surface area is 627 Å². The summed E-state index contributed by atoms with van der Waals surface area (Å²) in [6, 6.07) is 9.12. The standard InChI is InChI=1S/C28H41NO9.C24H35NO10.C22H38N2O11/c1-14-15(2)26(29-18(5)31)23(37-25(14)13-35-19(6)32)11-22(33)20-7-9-21(10-8-20)36-28-17(4)27(34)16(3)24(12-30)38-28;1-11-18(9-26)35-24(12(2)21(11)30)33-15-6-4-14(5-7-15)16(29)8-17-20(25-13(3)28)23(32)22(31)19(10-27)34-17;1-10(27)23-15-18(30)17(29)13(8-25)33-22(15)35-20-14(9-26)34-21(16(19(20)31)24-11(2)28)32-12-6-4-3-5-7-12/h7-10,14-17,23-28,30,34H,11-13H2,1-6H3,(H,29,31);4-7,11-12,17-24,26-27,30-32H,8-10H2,1-3H3,(H,25,28);12-22,25-26,29-31H,3-9H2,1-2H3,(H,23,27)(H,24,28)/t14-,15-,16+,17?,23-,24?,25?,26?,27-,28+;11-,12?,17+,18?,19?,20?,21+,22-,23-,24-;/m01./s1. The first-order chi connectivity index (χ1) is 51.1. The molecule has 0 spiro atoms. The zero-order chi connectivity index (χ0) is 79.7. The van der Waals surface area contributed by atoms with Gasteiger partial charge in [-0.15, -0.1) is 0 Å². The highest BCUT2D eigenvalue weighted by molar-refractivity contribution is 5.97. The van der Waals surface area contributed by atoms with E-state index in [1.54, 1.807) is 62.4 Å². The van der Waals surface area contributed by atoms with Crippen molar-refractivity contribution in [1.82, 2.24) is 21.3 Å². The van der Waals surface area contributed by atoms with Gasteiger partial charge in [-0.25, -0.2) is 0 Å². The molecule has 610 valence electrons. The predicted octanol–water partition coefficient (Wildman–Crippen LogP) is -1.68. The summed E-state index contributed by atoms with van der Waals surface area (Å²) in [7, 11) is 0. The molecule has 18 unspecified atom stereocenters. The van der Waals surface area contributed by atoms with Gasteiger partial charge < -0.3 is 135 Å². The number of hydrogen-bond acceptors (Lipinski definition) is 30. The van der Waals surface area contributed by atoms with Crippen LogP contribution in [0.1, 0.15) is 142 Å². The number of esters is 1. The molecule has 6 saturated heterocycles. The lowest BCUT2D eigenvalue weighted by Crippen LogP contribution is -2.69. The minimum Gasteiger partial charge on any atom is -0.465 e. The third-order valence-electron chi connectivity index (χ3n) is 21.4. The maximum Gasteiger partial charge on any atom is 0.302 e. The van der Waals surface area contributed by atoms with Gasteiger partial charge in [0.15, 0.2) is 24.1 Å². The van der Waals surface area contributed by atoms with E-state index < -0.39 is 184 Å². The van der Waals surface area contributed by atoms with Crippen LogP contribution in [0.3, 0.4) is 0 Å². The Morgan fingerprint density at radius 2 is 0.741 bits per heavy atom. The molecule has 9 rings (SSSR count). The summed E-state index contributed by atoms with van der Waals surface area (Å²) in [4.78, 5) is 84.5. The first-order valence-corrected chi connectivity index (χ1v) is 37.0. The van der Waals surface area contributed by atoms with Crippen molar-refractivity contribution < 1.29 is 147 Å². The molecule has 6 heterocycles. The number of carbonyl (C=O) groups excluding carboxylic acids is 7. The van der Waals surface area contributed by atoms with Crippen LogP contribution in [0.2, 0.25) is 0 Å². The van der Waals surface area contributed by atoms with E-state index >= 15 is 0 Å². The summed E-state index contributed by atoms with van der Waals surface area (Å²) < 4.78 is 63.9. The van der Waals surface area contributed by atoms with E-state index in [1.807, 2.05) is 27.7 Å². The summed E-state index contributed by atoms with van der Waals surface area (Å²) in [5, 5.41) is 132. The normalized spacial score (nSPS) is 37.8. The number of hydrogen-bond donors (Lipinski definition) is 16. The van der Waals surface area contributed by atoms with Crippen LogP contribution in [0.5, 0.6) is 11.5 Å². The number of benzene rings is 2. The molecule has 1 aliphatic carbocycles. The maximum absolute atomic E-state index is 13.2. The van der Waals surface area contributed by atoms with E-state index in [1.165, 1.54) is 34.6 Å². The van der Waals surface area contributed by atoms with Gasteiger partial charge in [0.25, 0.3) is 0 Å². The van der Waals surface area contributed by atoms with Gasteiger partial charge in [0.2, 0.25) is 36.2 Å². The SMILES string of the molecule is CC(=O)NC1C(OC2C(CO)OC(OC3CCCCC3)C(NC(C)=O)C2O)OC(CO)C(O)C1O.CC(=O)NC1[C@H](CC(=O)c2ccc(O[C@@H]3OC(CO)[C@@H](C)[C@H](O)C3C)cc2)OC(CO)[C@@H](O)[C@@H]1O.CC(=O)NC1[C@H](CC(=O)c2ccc(O[C@@H]3OC(CO)[C@@H](C)[C@H](O)C3C)cc2)OC(COC(C)=O)[C@@H](C)[C@@H]1C. The Balaban J connectivity index is 0.000000226. The molecule has 6 aliphatic heterocycles. The molecule has 7 aliphatic rings. The number of aliphatic hydroxyl groups excluding tert-OH is 12. The monoisotopic (exact) mass is 1540 g/mol. The Morgan fingerprint density at radius 3 is 1.18 bits per heavy atom. The number of Topliss-reactive ketones (excluding diaryl/α,β-unsaturated/α-hetero) is 2. The molecule has 1 saturated carbocycles. The van der Waals surface area contributed by atoms with Gasteiger partial charge in [-0.3, -0.25) is 33.6 Å². The second kappa shape index (κ2) is 41.5. The minimum atomic E-state index is -1.56. The topological polar surface area (TPSA) is 512 Å². The quantitative estimate of drug-likeness (QED) is 0.0390. The number of aliphatic hydroxyl groups is 12. The number of amides is 4. The fourth-order valence-electron chi connectivity index (χ4n) is 14.7. The molecule has 4 amide bonds. The number of ether oxygens (including phenoxy) is 11. The zero-order valence-electron chi connectivity index (χ0n) is 62.9. The molecule has 0 aromatic heterocycles. The van der Waals surface area contributed by atoms with Gasteiger partial charge in [-0.1, -0.05) is 60.8 Å². The van der Waals surface area contributed by atoms with Crippen LogP contribution in [0.15, 0.2) is 48.5 Å². The highest BCUT2D eigenvalue weighted by Crippen LogP contribution is 2.38. The molecule has 2 aromatic rings. The molecule has 108 heavy (non-hydrogen) atoms. The molecule has 34 nitrogen and oxygen atoms in total. The van der Waals surface area contributed by atoms with Crippen molar-refractivity contribution in [1.29, 1.82) is 0 Å². The summed E-state index contributed by atoms with van der Waals surface area (Å²) in [6.45, 7) is 15.5. The molecule has 2 aromatic carbocycles. The van der Waals surface area contributed by atoms with Gasteiger partial charge in [0, 0.05) is 82.3 Å².